The zero-order chi connectivity index (χ0) is 47.4. The zero-order valence-electron chi connectivity index (χ0n) is 41.6. The highest BCUT2D eigenvalue weighted by molar-refractivity contribution is 5.80. The second-order valence-electron chi connectivity index (χ2n) is 18.8. The normalized spacial score (nSPS) is 20.8. The van der Waals surface area contributed by atoms with E-state index < -0.39 is 61.5 Å². The second kappa shape index (κ2) is 44.6. The molecule has 0 aromatic heterocycles. The summed E-state index contributed by atoms with van der Waals surface area (Å²) in [6.45, 7) is 3.52. The smallest absolute Gasteiger partial charge is 0.249 e. The largest absolute Gasteiger partial charge is 0.394 e. The van der Waals surface area contributed by atoms with Crippen molar-refractivity contribution < 1.29 is 44.9 Å². The minimum atomic E-state index is -1.62. The summed E-state index contributed by atoms with van der Waals surface area (Å²) in [5.74, 6) is -0.632. The van der Waals surface area contributed by atoms with Crippen LogP contribution in [0.1, 0.15) is 232 Å². The lowest BCUT2D eigenvalue weighted by Gasteiger charge is -2.40. The lowest BCUT2D eigenvalue weighted by atomic mass is 9.99. The molecule has 1 aliphatic heterocycles. The van der Waals surface area contributed by atoms with E-state index in [1.54, 1.807) is 6.08 Å². The topological polar surface area (TPSA) is 169 Å². The fourth-order valence-electron chi connectivity index (χ4n) is 8.32. The van der Waals surface area contributed by atoms with Gasteiger partial charge in [-0.2, -0.15) is 0 Å². The molecule has 0 aromatic rings. The molecule has 8 unspecified atom stereocenters. The maximum atomic E-state index is 13.1. The quantitative estimate of drug-likeness (QED) is 0.0232. The maximum absolute atomic E-state index is 13.1. The average molecular weight is 920 g/mol. The van der Waals surface area contributed by atoms with Gasteiger partial charge in [0.15, 0.2) is 6.29 Å². The highest BCUT2D eigenvalue weighted by atomic mass is 16.7. The molecule has 1 rings (SSSR count). The zero-order valence-corrected chi connectivity index (χ0v) is 41.6. The van der Waals surface area contributed by atoms with Gasteiger partial charge in [0.25, 0.3) is 0 Å². The van der Waals surface area contributed by atoms with Gasteiger partial charge in [-0.15, -0.1) is 0 Å². The molecular weight excluding hydrogens is 819 g/mol. The van der Waals surface area contributed by atoms with E-state index in [1.807, 2.05) is 6.08 Å². The van der Waals surface area contributed by atoms with Crippen molar-refractivity contribution in [2.75, 3.05) is 13.2 Å². The van der Waals surface area contributed by atoms with Crippen LogP contribution in [-0.4, -0.2) is 98.7 Å². The molecule has 65 heavy (non-hydrogen) atoms. The van der Waals surface area contributed by atoms with E-state index in [9.17, 15) is 35.4 Å². The molecule has 0 radical (unpaired) electrons. The van der Waals surface area contributed by atoms with Crippen molar-refractivity contribution in [2.24, 2.45) is 0 Å². The number of aliphatic hydroxyl groups excluding tert-OH is 6. The summed E-state index contributed by atoms with van der Waals surface area (Å²) >= 11 is 0. The summed E-state index contributed by atoms with van der Waals surface area (Å²) in [5.41, 5.74) is 0. The van der Waals surface area contributed by atoms with Crippen LogP contribution in [0.25, 0.3) is 0 Å². The average Bonchev–Trinajstić information content (AvgIpc) is 3.31. The van der Waals surface area contributed by atoms with Crippen molar-refractivity contribution in [3.05, 3.63) is 48.6 Å². The van der Waals surface area contributed by atoms with Crippen LogP contribution in [0.3, 0.4) is 0 Å². The predicted octanol–water partition coefficient (Wildman–Crippen LogP) is 11.5. The molecular formula is C55H101NO9. The molecule has 1 amide bonds. The van der Waals surface area contributed by atoms with Crippen molar-refractivity contribution in [2.45, 2.75) is 281 Å². The van der Waals surface area contributed by atoms with E-state index in [-0.39, 0.29) is 6.61 Å². The number of carbonyl (C=O) groups excluding carboxylic acids is 1. The number of nitrogens with one attached hydrogen (secondary N) is 1. The van der Waals surface area contributed by atoms with Crippen LogP contribution in [0.4, 0.5) is 0 Å². The van der Waals surface area contributed by atoms with E-state index >= 15 is 0 Å². The van der Waals surface area contributed by atoms with Gasteiger partial charge in [0.1, 0.15) is 30.5 Å². The number of aliphatic hydroxyl groups is 6. The number of unbranched alkanes of at least 4 members (excludes halogenated alkanes) is 28. The van der Waals surface area contributed by atoms with Crippen LogP contribution < -0.4 is 5.32 Å². The van der Waals surface area contributed by atoms with Crippen molar-refractivity contribution >= 4 is 5.91 Å². The summed E-state index contributed by atoms with van der Waals surface area (Å²) in [4.78, 5) is 13.1. The van der Waals surface area contributed by atoms with Crippen LogP contribution in [0.2, 0.25) is 0 Å². The number of hydrogen-bond acceptors (Lipinski definition) is 9. The fraction of sp³-hybridized carbons (Fsp3) is 0.836. The Morgan fingerprint density at radius 3 is 1.40 bits per heavy atom. The molecule has 1 aliphatic rings. The fourth-order valence-corrected chi connectivity index (χ4v) is 8.32. The molecule has 7 N–H and O–H groups in total. The second-order valence-corrected chi connectivity index (χ2v) is 18.8. The van der Waals surface area contributed by atoms with E-state index in [0.29, 0.717) is 19.3 Å². The number of carbonyl (C=O) groups is 1. The molecule has 0 aromatic carbocycles. The van der Waals surface area contributed by atoms with E-state index in [2.05, 4.69) is 55.6 Å². The first kappa shape index (κ1) is 61.1. The minimum Gasteiger partial charge on any atom is -0.394 e. The Morgan fingerprint density at radius 2 is 0.938 bits per heavy atom. The molecule has 0 bridgehead atoms. The van der Waals surface area contributed by atoms with Crippen LogP contribution in [0.5, 0.6) is 0 Å². The predicted molar refractivity (Wildman–Crippen MR) is 269 cm³/mol. The van der Waals surface area contributed by atoms with Crippen LogP contribution in [0.15, 0.2) is 48.6 Å². The van der Waals surface area contributed by atoms with Crippen LogP contribution >= 0.6 is 0 Å². The lowest BCUT2D eigenvalue weighted by molar-refractivity contribution is -0.302. The Balaban J connectivity index is 2.20. The van der Waals surface area contributed by atoms with Gasteiger partial charge in [-0.1, -0.05) is 217 Å². The Kier molecular flexibility index (Phi) is 41.9. The summed E-state index contributed by atoms with van der Waals surface area (Å²) in [6, 6.07) is -1.00. The molecule has 0 saturated carbocycles. The standard InChI is InChI=1S/C55H101NO9/c1-3-5-7-9-11-13-15-16-17-18-19-20-21-22-23-24-25-26-27-28-29-30-31-32-34-36-38-40-42-44-49(59)54(63)56-47(46-64-55-53(62)52(61)51(60)50(45-57)65-55)48(58)43-41-39-37-35-33-14-12-10-8-6-4-2/h8,10,22-23,33,35,41,43,47-53,55,57-62H,3-7,9,11-21,24-32,34,36-40,42,44-46H2,1-2H3,(H,56,63)/b10-8+,23-22-,35-33+,43-41+. The summed E-state index contributed by atoms with van der Waals surface area (Å²) < 4.78 is 11.1. The Morgan fingerprint density at radius 1 is 0.523 bits per heavy atom. The third-order valence-corrected chi connectivity index (χ3v) is 12.7. The monoisotopic (exact) mass is 920 g/mol. The van der Waals surface area contributed by atoms with Crippen molar-refractivity contribution in [1.29, 1.82) is 0 Å². The number of allylic oxidation sites excluding steroid dienone is 7. The first-order valence-corrected chi connectivity index (χ1v) is 27.0. The number of ether oxygens (including phenoxy) is 2. The van der Waals surface area contributed by atoms with E-state index in [0.717, 1.165) is 51.4 Å². The van der Waals surface area contributed by atoms with Gasteiger partial charge >= 0.3 is 0 Å². The first-order chi connectivity index (χ1) is 31.8. The van der Waals surface area contributed by atoms with Crippen molar-refractivity contribution in [3.8, 4) is 0 Å². The van der Waals surface area contributed by atoms with Crippen LogP contribution in [0, 0.1) is 0 Å². The Labute approximate surface area is 397 Å². The van der Waals surface area contributed by atoms with Gasteiger partial charge in [-0.05, 0) is 64.2 Å². The molecule has 0 aliphatic carbocycles. The Bertz CT molecular complexity index is 1180. The highest BCUT2D eigenvalue weighted by Gasteiger charge is 2.44. The van der Waals surface area contributed by atoms with Gasteiger partial charge in [0.2, 0.25) is 5.91 Å². The molecule has 0 spiro atoms. The van der Waals surface area contributed by atoms with Gasteiger partial charge in [-0.3, -0.25) is 4.79 Å². The highest BCUT2D eigenvalue weighted by Crippen LogP contribution is 2.23. The first-order valence-electron chi connectivity index (χ1n) is 27.0. The Hall–Kier alpha value is -1.89. The third kappa shape index (κ3) is 34.1. The molecule has 1 saturated heterocycles. The van der Waals surface area contributed by atoms with Crippen molar-refractivity contribution in [1.82, 2.24) is 5.32 Å². The van der Waals surface area contributed by atoms with Gasteiger partial charge in [0, 0.05) is 0 Å². The van der Waals surface area contributed by atoms with Gasteiger partial charge < -0.3 is 45.4 Å². The molecule has 10 nitrogen and oxygen atoms in total. The van der Waals surface area contributed by atoms with Crippen LogP contribution in [-0.2, 0) is 14.3 Å². The molecule has 1 fully saturated rings. The van der Waals surface area contributed by atoms with Crippen molar-refractivity contribution in [3.63, 3.8) is 0 Å². The SMILES string of the molecule is CCC/C=C/CC/C=C/CC/C=C/C(O)C(COC1OC(CO)C(O)C(O)C1O)NC(=O)C(O)CCCCCCCCCCCCCCC/C=C\CCCCCCCCCCCCCC. The van der Waals surface area contributed by atoms with E-state index in [4.69, 9.17) is 9.47 Å². The molecule has 10 heteroatoms. The lowest BCUT2D eigenvalue weighted by Crippen LogP contribution is -2.60. The number of amides is 1. The van der Waals surface area contributed by atoms with Gasteiger partial charge in [0.05, 0.1) is 25.4 Å². The third-order valence-electron chi connectivity index (χ3n) is 12.7. The summed E-state index contributed by atoms with van der Waals surface area (Å²) in [5, 5.41) is 64.7. The molecule has 380 valence electrons. The number of rotatable bonds is 45. The van der Waals surface area contributed by atoms with E-state index in [1.165, 1.54) is 148 Å². The minimum absolute atomic E-state index is 0.300. The number of hydrogen-bond donors (Lipinski definition) is 7. The van der Waals surface area contributed by atoms with Gasteiger partial charge in [-0.25, -0.2) is 0 Å². The summed E-state index contributed by atoms with van der Waals surface area (Å²) in [7, 11) is 0. The molecule has 1 heterocycles. The maximum Gasteiger partial charge on any atom is 0.249 e. The molecule has 8 atom stereocenters. The summed E-state index contributed by atoms with van der Waals surface area (Å²) in [6.07, 6.45) is 48.1.